The van der Waals surface area contributed by atoms with Crippen LogP contribution in [-0.4, -0.2) is 46.4 Å². The van der Waals surface area contributed by atoms with Crippen molar-refractivity contribution in [3.05, 3.63) is 23.5 Å². The van der Waals surface area contributed by atoms with Crippen LogP contribution in [0, 0.1) is 5.92 Å². The smallest absolute Gasteiger partial charge is 0.306 e. The van der Waals surface area contributed by atoms with Crippen molar-refractivity contribution in [2.45, 2.75) is 89.3 Å². The van der Waals surface area contributed by atoms with Crippen LogP contribution >= 0.6 is 0 Å². The quantitative estimate of drug-likeness (QED) is 0.750. The Hall–Kier alpha value is -2.08. The maximum absolute atomic E-state index is 11.7. The van der Waals surface area contributed by atoms with Crippen LogP contribution in [0.5, 0.6) is 0 Å². The fraction of sp³-hybridized carbons (Fsp3) is 0.680. The van der Waals surface area contributed by atoms with E-state index in [4.69, 9.17) is 9.72 Å². The zero-order valence-electron chi connectivity index (χ0n) is 18.8. The summed E-state index contributed by atoms with van der Waals surface area (Å²) in [4.78, 5) is 19.3. The molecule has 3 aliphatic rings. The molecule has 5 rings (SSSR count). The Morgan fingerprint density at radius 3 is 2.87 bits per heavy atom. The largest absolute Gasteiger partial charge is 0.481 e. The van der Waals surface area contributed by atoms with Gasteiger partial charge in [0, 0.05) is 43.4 Å². The van der Waals surface area contributed by atoms with Crippen LogP contribution < -0.4 is 4.90 Å². The Kier molecular flexibility index (Phi) is 5.67. The fourth-order valence-corrected chi connectivity index (χ4v) is 5.98. The number of aryl methyl sites for hydroxylation is 2. The minimum Gasteiger partial charge on any atom is -0.481 e. The van der Waals surface area contributed by atoms with Gasteiger partial charge in [0.1, 0.15) is 5.82 Å². The van der Waals surface area contributed by atoms with Gasteiger partial charge in [-0.1, -0.05) is 6.42 Å². The first kappa shape index (κ1) is 20.8. The molecule has 0 amide bonds. The highest BCUT2D eigenvalue weighted by atomic mass is 16.5. The van der Waals surface area contributed by atoms with Crippen LogP contribution in [0.15, 0.2) is 12.1 Å². The van der Waals surface area contributed by atoms with Crippen LogP contribution in [0.4, 0.5) is 5.69 Å². The molecule has 1 saturated heterocycles. The van der Waals surface area contributed by atoms with Gasteiger partial charge in [-0.3, -0.25) is 4.79 Å². The highest BCUT2D eigenvalue weighted by molar-refractivity contribution is 5.86. The zero-order chi connectivity index (χ0) is 21.5. The third-order valence-electron chi connectivity index (χ3n) is 7.94. The average molecular weight is 426 g/mol. The van der Waals surface area contributed by atoms with Gasteiger partial charge in [0.2, 0.25) is 0 Å². The second-order valence-electron chi connectivity index (χ2n) is 9.86. The van der Waals surface area contributed by atoms with Gasteiger partial charge >= 0.3 is 5.97 Å². The highest BCUT2D eigenvalue weighted by Crippen LogP contribution is 2.40. The molecule has 31 heavy (non-hydrogen) atoms. The predicted octanol–water partition coefficient (Wildman–Crippen LogP) is 4.73. The van der Waals surface area contributed by atoms with Crippen molar-refractivity contribution in [1.82, 2.24) is 9.55 Å². The molecule has 2 aliphatic heterocycles. The Morgan fingerprint density at radius 1 is 1.23 bits per heavy atom. The van der Waals surface area contributed by atoms with Gasteiger partial charge in [-0.25, -0.2) is 4.98 Å². The van der Waals surface area contributed by atoms with E-state index in [1.165, 1.54) is 16.8 Å². The minimum absolute atomic E-state index is 0.220. The van der Waals surface area contributed by atoms with E-state index in [9.17, 15) is 9.90 Å². The van der Waals surface area contributed by atoms with Gasteiger partial charge < -0.3 is 19.3 Å². The van der Waals surface area contributed by atoms with Crippen LogP contribution in [0.2, 0.25) is 0 Å². The number of anilines is 1. The molecule has 1 N–H and O–H groups in total. The maximum Gasteiger partial charge on any atom is 0.306 e. The SMILES string of the molecule is CC1CCc2c(ccc3c2nc(CCC2CCCO2)n3C2CCCC(C(=O)O)C2)N1C. The molecule has 0 bridgehead atoms. The van der Waals surface area contributed by atoms with Crippen LogP contribution in [0.1, 0.15) is 75.7 Å². The number of hydrogen-bond donors (Lipinski definition) is 1. The Bertz CT molecular complexity index is 963. The molecule has 1 aromatic carbocycles. The molecule has 1 aliphatic carbocycles. The number of aromatic nitrogens is 2. The second-order valence-corrected chi connectivity index (χ2v) is 9.86. The summed E-state index contributed by atoms with van der Waals surface area (Å²) in [6.07, 6.45) is 10.2. The maximum atomic E-state index is 11.7. The summed E-state index contributed by atoms with van der Waals surface area (Å²) in [5, 5.41) is 9.65. The van der Waals surface area contributed by atoms with Gasteiger partial charge in [0.25, 0.3) is 0 Å². The van der Waals surface area contributed by atoms with Crippen molar-refractivity contribution in [1.29, 1.82) is 0 Å². The first-order valence-electron chi connectivity index (χ1n) is 12.1. The van der Waals surface area contributed by atoms with E-state index in [-0.39, 0.29) is 12.0 Å². The lowest BCUT2D eigenvalue weighted by atomic mass is 9.85. The topological polar surface area (TPSA) is 67.6 Å². The highest BCUT2D eigenvalue weighted by Gasteiger charge is 2.32. The summed E-state index contributed by atoms with van der Waals surface area (Å²) in [5.41, 5.74) is 4.99. The zero-order valence-corrected chi connectivity index (χ0v) is 18.8. The summed E-state index contributed by atoms with van der Waals surface area (Å²) in [6.45, 7) is 3.16. The number of rotatable bonds is 5. The molecular formula is C25H35N3O3. The van der Waals surface area contributed by atoms with Crippen LogP contribution in [0.3, 0.4) is 0 Å². The number of ether oxygens (including phenoxy) is 1. The van der Waals surface area contributed by atoms with Crippen molar-refractivity contribution in [2.75, 3.05) is 18.6 Å². The number of carbonyl (C=O) groups is 1. The number of fused-ring (bicyclic) bond motifs is 3. The monoisotopic (exact) mass is 425 g/mol. The molecule has 2 aromatic rings. The molecule has 0 spiro atoms. The van der Waals surface area contributed by atoms with Crippen molar-refractivity contribution < 1.29 is 14.6 Å². The van der Waals surface area contributed by atoms with Gasteiger partial charge in [-0.05, 0) is 70.4 Å². The number of nitrogens with zero attached hydrogens (tertiary/aromatic N) is 3. The minimum atomic E-state index is -0.650. The summed E-state index contributed by atoms with van der Waals surface area (Å²) in [6, 6.07) is 5.25. The lowest BCUT2D eigenvalue weighted by molar-refractivity contribution is -0.143. The Balaban J connectivity index is 1.55. The van der Waals surface area contributed by atoms with E-state index in [1.807, 2.05) is 0 Å². The van der Waals surface area contributed by atoms with Gasteiger partial charge in [-0.2, -0.15) is 0 Å². The van der Waals surface area contributed by atoms with Crippen LogP contribution in [-0.2, 0) is 22.4 Å². The summed E-state index contributed by atoms with van der Waals surface area (Å²) < 4.78 is 8.29. The molecule has 6 nitrogen and oxygen atoms in total. The van der Waals surface area contributed by atoms with E-state index in [2.05, 4.69) is 35.6 Å². The summed E-state index contributed by atoms with van der Waals surface area (Å²) >= 11 is 0. The first-order valence-corrected chi connectivity index (χ1v) is 12.1. The third kappa shape index (κ3) is 3.84. The molecule has 6 heteroatoms. The molecule has 1 saturated carbocycles. The van der Waals surface area contributed by atoms with E-state index in [1.54, 1.807) is 0 Å². The first-order chi connectivity index (χ1) is 15.0. The standard InChI is InChI=1S/C25H35N3O3/c1-16-8-10-20-21(27(16)2)11-12-22-24(20)26-23(13-9-19-7-4-14-31-19)28(22)18-6-3-5-17(15-18)25(29)30/h11-12,16-19H,3-10,13-15H2,1-2H3,(H,29,30). The fourth-order valence-electron chi connectivity index (χ4n) is 5.98. The second kappa shape index (κ2) is 8.45. The molecule has 2 fully saturated rings. The third-order valence-corrected chi connectivity index (χ3v) is 7.94. The lowest BCUT2D eigenvalue weighted by Gasteiger charge is -2.34. The summed E-state index contributed by atoms with van der Waals surface area (Å²) in [5.74, 6) is 0.228. The molecule has 168 valence electrons. The molecule has 4 unspecified atom stereocenters. The number of imidazole rings is 1. The van der Waals surface area contributed by atoms with Gasteiger partial charge in [-0.15, -0.1) is 0 Å². The van der Waals surface area contributed by atoms with E-state index in [0.29, 0.717) is 18.6 Å². The van der Waals surface area contributed by atoms with E-state index >= 15 is 0 Å². The molecule has 4 atom stereocenters. The van der Waals surface area contributed by atoms with Crippen molar-refractivity contribution in [3.8, 4) is 0 Å². The van der Waals surface area contributed by atoms with Crippen molar-refractivity contribution in [3.63, 3.8) is 0 Å². The van der Waals surface area contributed by atoms with Crippen molar-refractivity contribution >= 4 is 22.7 Å². The molecule has 3 heterocycles. The number of hydrogen-bond acceptors (Lipinski definition) is 4. The molecule has 1 aromatic heterocycles. The predicted molar refractivity (Wildman–Crippen MR) is 122 cm³/mol. The van der Waals surface area contributed by atoms with Gasteiger partial charge in [0.05, 0.1) is 23.1 Å². The number of aliphatic carboxylic acids is 1. The summed E-state index contributed by atoms with van der Waals surface area (Å²) in [7, 11) is 2.18. The number of carboxylic acids is 1. The Labute approximate surface area is 184 Å². The van der Waals surface area contributed by atoms with Crippen LogP contribution in [0.25, 0.3) is 11.0 Å². The normalized spacial score (nSPS) is 28.8. The molecular weight excluding hydrogens is 390 g/mol. The Morgan fingerprint density at radius 2 is 2.10 bits per heavy atom. The average Bonchev–Trinajstić information content (AvgIpc) is 3.42. The van der Waals surface area contributed by atoms with Gasteiger partial charge in [0.15, 0.2) is 0 Å². The lowest BCUT2D eigenvalue weighted by Crippen LogP contribution is -2.33. The van der Waals surface area contributed by atoms with E-state index < -0.39 is 5.97 Å². The number of benzene rings is 1. The van der Waals surface area contributed by atoms with Crippen molar-refractivity contribution in [2.24, 2.45) is 5.92 Å². The number of carboxylic acid groups (broad SMARTS) is 1. The van der Waals surface area contributed by atoms with E-state index in [0.717, 1.165) is 75.7 Å². The molecule has 0 radical (unpaired) electrons.